The van der Waals surface area contributed by atoms with Crippen LogP contribution in [0, 0.1) is 6.92 Å². The Hall–Kier alpha value is -3.82. The van der Waals surface area contributed by atoms with E-state index in [-0.39, 0.29) is 17.7 Å². The van der Waals surface area contributed by atoms with E-state index >= 15 is 0 Å². The molecule has 8 heteroatoms. The first kappa shape index (κ1) is 22.9. The summed E-state index contributed by atoms with van der Waals surface area (Å²) in [5.74, 6) is -0.0776. The zero-order valence-electron chi connectivity index (χ0n) is 19.3. The summed E-state index contributed by atoms with van der Waals surface area (Å²) in [7, 11) is 0. The first-order chi connectivity index (χ1) is 16.9. The van der Waals surface area contributed by atoms with Crippen molar-refractivity contribution in [3.8, 4) is 0 Å². The number of anilines is 1. The van der Waals surface area contributed by atoms with Gasteiger partial charge in [-0.15, -0.1) is 10.4 Å². The number of pyridine rings is 1. The Kier molecular flexibility index (Phi) is 6.19. The first-order valence-electron chi connectivity index (χ1n) is 11.4. The van der Waals surface area contributed by atoms with E-state index in [1.54, 1.807) is 47.5 Å². The number of rotatable bonds is 7. The largest absolute Gasteiger partial charge is 0.370 e. The number of nitrogens with zero attached hydrogens (tertiary/aromatic N) is 3. The van der Waals surface area contributed by atoms with E-state index in [1.807, 2.05) is 49.4 Å². The Bertz CT molecular complexity index is 1350. The average Bonchev–Trinajstić information content (AvgIpc) is 2.84. The van der Waals surface area contributed by atoms with E-state index in [9.17, 15) is 15.2 Å². The van der Waals surface area contributed by atoms with Crippen LogP contribution in [-0.4, -0.2) is 45.4 Å². The van der Waals surface area contributed by atoms with Crippen LogP contribution in [-0.2, 0) is 11.3 Å². The van der Waals surface area contributed by atoms with Gasteiger partial charge in [0.1, 0.15) is 5.52 Å². The van der Waals surface area contributed by atoms with Gasteiger partial charge in [-0.1, -0.05) is 48.5 Å². The normalized spacial score (nSPS) is 14.1. The molecule has 4 aromatic rings. The van der Waals surface area contributed by atoms with Crippen LogP contribution in [0.4, 0.5) is 11.4 Å². The van der Waals surface area contributed by atoms with Crippen LogP contribution in [0.2, 0.25) is 0 Å². The topological polar surface area (TPSA) is 94.9 Å². The summed E-state index contributed by atoms with van der Waals surface area (Å²) in [6.07, 6.45) is 1.63. The van der Waals surface area contributed by atoms with Gasteiger partial charge < -0.3 is 9.64 Å². The van der Waals surface area contributed by atoms with Gasteiger partial charge >= 0.3 is 0 Å². The Morgan fingerprint density at radius 3 is 2.60 bits per heavy atom. The molecule has 3 aromatic carbocycles. The smallest absolute Gasteiger partial charge is 0.254 e. The fraction of sp³-hybridized carbons (Fsp3) is 0.185. The highest BCUT2D eigenvalue weighted by atomic mass is 16.9. The third-order valence-corrected chi connectivity index (χ3v) is 6.16. The number of para-hydroxylation sites is 1. The zero-order chi connectivity index (χ0) is 24.4. The van der Waals surface area contributed by atoms with Crippen molar-refractivity contribution in [2.75, 3.05) is 18.5 Å². The summed E-state index contributed by atoms with van der Waals surface area (Å²) in [5, 5.41) is 22.4. The van der Waals surface area contributed by atoms with Crippen LogP contribution < -0.4 is 10.3 Å². The highest BCUT2D eigenvalue weighted by Crippen LogP contribution is 2.29. The molecule has 1 fully saturated rings. The number of likely N-dealkylation sites (tertiary alicyclic amines) is 1. The fourth-order valence-electron chi connectivity index (χ4n) is 4.17. The predicted molar refractivity (Wildman–Crippen MR) is 133 cm³/mol. The molecule has 1 aliphatic rings. The number of nitrogens with one attached hydrogen (secondary N) is 1. The van der Waals surface area contributed by atoms with Gasteiger partial charge in [0.15, 0.2) is 0 Å². The molecule has 35 heavy (non-hydrogen) atoms. The van der Waals surface area contributed by atoms with E-state index in [4.69, 9.17) is 4.74 Å². The second-order valence-electron chi connectivity index (χ2n) is 8.72. The number of quaternary nitrogens is 1. The highest BCUT2D eigenvalue weighted by molar-refractivity contribution is 5.95. The van der Waals surface area contributed by atoms with Gasteiger partial charge in [-0.3, -0.25) is 4.79 Å². The number of ether oxygens (including phenoxy) is 1. The SMILES string of the molecule is Cc1cc(C(=O)N2CC(OCc3ccccc3)C2)ccc1N[N+](O)(O)c1cccc2cccnc12. The number of carbonyl (C=O) groups is 1. The number of amides is 1. The molecule has 0 spiro atoms. The predicted octanol–water partition coefficient (Wildman–Crippen LogP) is 4.70. The Morgan fingerprint density at radius 1 is 1.06 bits per heavy atom. The van der Waals surface area contributed by atoms with Gasteiger partial charge in [0.2, 0.25) is 0 Å². The molecular weight excluding hydrogens is 444 g/mol. The molecule has 178 valence electrons. The summed E-state index contributed by atoms with van der Waals surface area (Å²) in [6.45, 7) is 3.43. The minimum atomic E-state index is -1.57. The minimum Gasteiger partial charge on any atom is -0.370 e. The molecule has 0 atom stereocenters. The molecule has 1 aliphatic heterocycles. The van der Waals surface area contributed by atoms with Crippen molar-refractivity contribution in [2.45, 2.75) is 19.6 Å². The molecule has 5 rings (SSSR count). The number of hydrogen-bond acceptors (Lipinski definition) is 6. The van der Waals surface area contributed by atoms with Crippen molar-refractivity contribution in [3.05, 3.63) is 102 Å². The van der Waals surface area contributed by atoms with Crippen molar-refractivity contribution in [3.63, 3.8) is 0 Å². The van der Waals surface area contributed by atoms with Crippen LogP contribution >= 0.6 is 0 Å². The second-order valence-corrected chi connectivity index (χ2v) is 8.72. The molecule has 0 saturated carbocycles. The molecule has 0 aliphatic carbocycles. The van der Waals surface area contributed by atoms with Gasteiger partial charge in [-0.25, -0.2) is 4.98 Å². The summed E-state index contributed by atoms with van der Waals surface area (Å²) < 4.78 is 5.88. The number of hydrogen-bond donors (Lipinski definition) is 3. The van der Waals surface area contributed by atoms with Crippen LogP contribution in [0.1, 0.15) is 21.5 Å². The van der Waals surface area contributed by atoms with Gasteiger partial charge in [0.25, 0.3) is 11.6 Å². The number of aromatic nitrogens is 1. The molecule has 0 bridgehead atoms. The summed E-state index contributed by atoms with van der Waals surface area (Å²) >= 11 is 0. The maximum absolute atomic E-state index is 12.9. The van der Waals surface area contributed by atoms with Gasteiger partial charge in [-0.05, 0) is 42.3 Å². The Balaban J connectivity index is 1.23. The van der Waals surface area contributed by atoms with Crippen molar-refractivity contribution in [2.24, 2.45) is 0 Å². The minimum absolute atomic E-state index is 0.0252. The summed E-state index contributed by atoms with van der Waals surface area (Å²) in [5.41, 5.74) is 6.20. The number of benzene rings is 3. The Labute approximate surface area is 203 Å². The monoisotopic (exact) mass is 471 g/mol. The van der Waals surface area contributed by atoms with Gasteiger partial charge in [0.05, 0.1) is 23.3 Å². The van der Waals surface area contributed by atoms with Crippen LogP contribution in [0.15, 0.2) is 85.1 Å². The maximum Gasteiger partial charge on any atom is 0.254 e. The second kappa shape index (κ2) is 9.44. The number of aryl methyl sites for hydroxylation is 1. The average molecular weight is 472 g/mol. The molecule has 1 amide bonds. The third-order valence-electron chi connectivity index (χ3n) is 6.16. The van der Waals surface area contributed by atoms with Crippen LogP contribution in [0.25, 0.3) is 10.9 Å². The van der Waals surface area contributed by atoms with E-state index < -0.39 is 4.92 Å². The molecule has 3 N–H and O–H groups in total. The van der Waals surface area contributed by atoms with Crippen molar-refractivity contribution >= 4 is 28.2 Å². The maximum atomic E-state index is 12.9. The van der Waals surface area contributed by atoms with Gasteiger partial charge in [0, 0.05) is 36.3 Å². The Morgan fingerprint density at radius 2 is 1.83 bits per heavy atom. The van der Waals surface area contributed by atoms with E-state index in [2.05, 4.69) is 10.4 Å². The molecule has 0 unspecified atom stereocenters. The van der Waals surface area contributed by atoms with Crippen molar-refractivity contribution in [1.29, 1.82) is 0 Å². The van der Waals surface area contributed by atoms with Crippen molar-refractivity contribution < 1.29 is 19.9 Å². The summed E-state index contributed by atoms with van der Waals surface area (Å²) in [4.78, 5) is 17.4. The highest BCUT2D eigenvalue weighted by Gasteiger charge is 2.33. The van der Waals surface area contributed by atoms with Crippen molar-refractivity contribution in [1.82, 2.24) is 14.8 Å². The standard InChI is InChI=1S/C27H26N4O4/c1-19-15-22(27(32)30-16-23(17-30)35-18-20-7-3-2-4-8-20)12-13-24(19)29-31(33,34)25-11-5-9-21-10-6-14-28-26(21)25/h2-15,23,33-34H,16-18H2,1H3/p+1. The third kappa shape index (κ3) is 4.87. The van der Waals surface area contributed by atoms with Crippen LogP contribution in [0.3, 0.4) is 0 Å². The molecule has 0 radical (unpaired) electrons. The number of fused-ring (bicyclic) bond motifs is 1. The summed E-state index contributed by atoms with van der Waals surface area (Å²) in [6, 6.07) is 23.9. The quantitative estimate of drug-likeness (QED) is 0.267. The molecule has 2 heterocycles. The molecule has 1 saturated heterocycles. The van der Waals surface area contributed by atoms with E-state index in [0.717, 1.165) is 10.9 Å². The lowest BCUT2D eigenvalue weighted by Gasteiger charge is -2.39. The molecule has 1 aromatic heterocycles. The molecule has 8 nitrogen and oxygen atoms in total. The lowest BCUT2D eigenvalue weighted by atomic mass is 10.1. The van der Waals surface area contributed by atoms with E-state index in [0.29, 0.717) is 42.0 Å². The first-order valence-corrected chi connectivity index (χ1v) is 11.4. The lowest BCUT2D eigenvalue weighted by Crippen LogP contribution is -2.54. The lowest BCUT2D eigenvalue weighted by molar-refractivity contribution is -0.271. The van der Waals surface area contributed by atoms with E-state index in [1.165, 1.54) is 0 Å². The van der Waals surface area contributed by atoms with Crippen LogP contribution in [0.5, 0.6) is 0 Å². The zero-order valence-corrected chi connectivity index (χ0v) is 19.3. The molecular formula is C27H27N4O4+. The van der Waals surface area contributed by atoms with Gasteiger partial charge in [-0.2, -0.15) is 5.43 Å². The number of carbonyl (C=O) groups excluding carboxylic acids is 1. The fourth-order valence-corrected chi connectivity index (χ4v) is 4.17.